The molecule has 0 spiro atoms. The van der Waals surface area contributed by atoms with Crippen LogP contribution in [0.1, 0.15) is 13.3 Å². The number of rotatable bonds is 13. The van der Waals surface area contributed by atoms with Crippen LogP contribution in [0.4, 0.5) is 4.79 Å². The molecule has 0 aromatic rings. The summed E-state index contributed by atoms with van der Waals surface area (Å²) in [6.45, 7) is 15.5. The molecular formula is C18H38N2O5Si2. The Hall–Kier alpha value is -1.17. The van der Waals surface area contributed by atoms with Gasteiger partial charge in [0.2, 0.25) is 0 Å². The largest absolute Gasteiger partial charge is 0.460 e. The molecule has 0 saturated heterocycles. The zero-order valence-electron chi connectivity index (χ0n) is 18.1. The number of nitrogens with one attached hydrogen (secondary N) is 1. The summed E-state index contributed by atoms with van der Waals surface area (Å²) >= 11 is 0. The monoisotopic (exact) mass is 418 g/mol. The van der Waals surface area contributed by atoms with Crippen molar-refractivity contribution in [3.63, 3.8) is 0 Å². The molecule has 0 saturated carbocycles. The maximum Gasteiger partial charge on any atom is 0.333 e. The first-order valence-corrected chi connectivity index (χ1v) is 15.6. The third kappa shape index (κ3) is 12.0. The predicted octanol–water partition coefficient (Wildman–Crippen LogP) is 3.21. The van der Waals surface area contributed by atoms with E-state index < -0.39 is 22.6 Å². The van der Waals surface area contributed by atoms with Crippen LogP contribution in [0.3, 0.4) is 0 Å². The van der Waals surface area contributed by atoms with Gasteiger partial charge in [-0.05, 0) is 51.6 Å². The molecule has 0 heterocycles. The third-order valence-electron chi connectivity index (χ3n) is 4.54. The standard InChI is InChI=1S/C18H38N2O5Si2/c1-16(2)17(21)25-13-10-19-18(22)20(12-15-27(7,8)24-4)11-9-14-26(5,6)23-3/h1,9-15H2,2-8H3,(H,19,22). The van der Waals surface area contributed by atoms with Crippen LogP contribution in [0.5, 0.6) is 0 Å². The van der Waals surface area contributed by atoms with Gasteiger partial charge in [-0.3, -0.25) is 0 Å². The molecule has 0 unspecified atom stereocenters. The number of hydrogen-bond donors (Lipinski definition) is 1. The van der Waals surface area contributed by atoms with Gasteiger partial charge in [0.1, 0.15) is 6.61 Å². The molecular weight excluding hydrogens is 380 g/mol. The van der Waals surface area contributed by atoms with Crippen LogP contribution in [-0.4, -0.2) is 74.0 Å². The van der Waals surface area contributed by atoms with Crippen molar-refractivity contribution in [2.24, 2.45) is 0 Å². The predicted molar refractivity (Wildman–Crippen MR) is 114 cm³/mol. The number of carbonyl (C=O) groups excluding carboxylic acids is 2. The molecule has 0 rings (SSSR count). The molecule has 27 heavy (non-hydrogen) atoms. The maximum atomic E-state index is 12.6. The van der Waals surface area contributed by atoms with Gasteiger partial charge in [0.15, 0.2) is 16.6 Å². The van der Waals surface area contributed by atoms with Gasteiger partial charge >= 0.3 is 12.0 Å². The first-order valence-electron chi connectivity index (χ1n) is 9.40. The lowest BCUT2D eigenvalue weighted by atomic mass is 10.4. The molecule has 0 bridgehead atoms. The Labute approximate surface area is 166 Å². The van der Waals surface area contributed by atoms with E-state index in [0.717, 1.165) is 18.5 Å². The number of amides is 2. The van der Waals surface area contributed by atoms with Crippen LogP contribution < -0.4 is 5.32 Å². The second-order valence-electron chi connectivity index (χ2n) is 7.92. The molecule has 0 aliphatic carbocycles. The summed E-state index contributed by atoms with van der Waals surface area (Å²) in [6, 6.07) is 1.72. The number of carbonyl (C=O) groups is 2. The van der Waals surface area contributed by atoms with Gasteiger partial charge in [-0.2, -0.15) is 0 Å². The normalized spacial score (nSPS) is 11.8. The van der Waals surface area contributed by atoms with E-state index in [1.807, 2.05) is 4.90 Å². The van der Waals surface area contributed by atoms with Crippen LogP contribution in [0.2, 0.25) is 38.3 Å². The summed E-state index contributed by atoms with van der Waals surface area (Å²) in [6.07, 6.45) is 0.903. The molecule has 0 aromatic heterocycles. The van der Waals surface area contributed by atoms with Crippen LogP contribution in [0.15, 0.2) is 12.2 Å². The fraction of sp³-hybridized carbons (Fsp3) is 0.778. The van der Waals surface area contributed by atoms with Crippen molar-refractivity contribution in [1.29, 1.82) is 0 Å². The lowest BCUT2D eigenvalue weighted by molar-refractivity contribution is -0.138. The Morgan fingerprint density at radius 1 is 1.00 bits per heavy atom. The molecule has 158 valence electrons. The van der Waals surface area contributed by atoms with Crippen LogP contribution in [0.25, 0.3) is 0 Å². The summed E-state index contributed by atoms with van der Waals surface area (Å²) in [5.41, 5.74) is 0.347. The number of urea groups is 1. The number of hydrogen-bond acceptors (Lipinski definition) is 5. The fourth-order valence-electron chi connectivity index (χ4n) is 2.16. The maximum absolute atomic E-state index is 12.6. The quantitative estimate of drug-likeness (QED) is 0.215. The van der Waals surface area contributed by atoms with Crippen LogP contribution in [-0.2, 0) is 18.4 Å². The fourth-order valence-corrected chi connectivity index (χ4v) is 4.38. The van der Waals surface area contributed by atoms with E-state index in [-0.39, 0.29) is 19.2 Å². The van der Waals surface area contributed by atoms with E-state index in [4.69, 9.17) is 13.6 Å². The van der Waals surface area contributed by atoms with Gasteiger partial charge in [0.05, 0.1) is 6.54 Å². The number of esters is 1. The zero-order chi connectivity index (χ0) is 21.1. The molecule has 9 heteroatoms. The topological polar surface area (TPSA) is 77.1 Å². The minimum atomic E-state index is -1.75. The van der Waals surface area contributed by atoms with Gasteiger partial charge in [-0.15, -0.1) is 0 Å². The van der Waals surface area contributed by atoms with Crippen molar-refractivity contribution in [3.05, 3.63) is 12.2 Å². The van der Waals surface area contributed by atoms with E-state index in [9.17, 15) is 9.59 Å². The third-order valence-corrected chi connectivity index (χ3v) is 9.74. The van der Waals surface area contributed by atoms with Crippen molar-refractivity contribution >= 4 is 28.6 Å². The number of nitrogens with zero attached hydrogens (tertiary/aromatic N) is 1. The van der Waals surface area contributed by atoms with Crippen molar-refractivity contribution in [1.82, 2.24) is 10.2 Å². The Morgan fingerprint density at radius 2 is 1.56 bits per heavy atom. The van der Waals surface area contributed by atoms with Crippen molar-refractivity contribution in [2.45, 2.75) is 51.6 Å². The molecule has 7 nitrogen and oxygen atoms in total. The number of ether oxygens (including phenoxy) is 1. The zero-order valence-corrected chi connectivity index (χ0v) is 20.1. The summed E-state index contributed by atoms with van der Waals surface area (Å²) < 4.78 is 16.2. The summed E-state index contributed by atoms with van der Waals surface area (Å²) in [5, 5.41) is 2.83. The Balaban J connectivity index is 4.59. The lowest BCUT2D eigenvalue weighted by Crippen LogP contribution is -2.45. The lowest BCUT2D eigenvalue weighted by Gasteiger charge is -2.28. The summed E-state index contributed by atoms with van der Waals surface area (Å²) in [7, 11) is 0.104. The Morgan fingerprint density at radius 3 is 2.07 bits per heavy atom. The SMILES string of the molecule is C=C(C)C(=O)OCCNC(=O)N(CCC[Si](C)(C)OC)CC[Si](C)(C)OC. The molecule has 1 N–H and O–H groups in total. The van der Waals surface area contributed by atoms with Gasteiger partial charge in [0, 0.05) is 32.9 Å². The highest BCUT2D eigenvalue weighted by molar-refractivity contribution is 6.71. The highest BCUT2D eigenvalue weighted by Crippen LogP contribution is 2.15. The molecule has 0 aliphatic rings. The minimum absolute atomic E-state index is 0.132. The molecule has 0 aromatic carbocycles. The molecule has 0 radical (unpaired) electrons. The van der Waals surface area contributed by atoms with Crippen molar-refractivity contribution in [3.8, 4) is 0 Å². The van der Waals surface area contributed by atoms with Gasteiger partial charge in [-0.25, -0.2) is 9.59 Å². The molecule has 2 amide bonds. The Bertz CT molecular complexity index is 498. The van der Waals surface area contributed by atoms with Gasteiger partial charge < -0.3 is 23.8 Å². The van der Waals surface area contributed by atoms with Gasteiger partial charge in [0.25, 0.3) is 0 Å². The molecule has 0 aliphatic heterocycles. The van der Waals surface area contributed by atoms with E-state index in [0.29, 0.717) is 18.7 Å². The molecule has 0 atom stereocenters. The average Bonchev–Trinajstić information content (AvgIpc) is 2.60. The summed E-state index contributed by atoms with van der Waals surface area (Å²) in [4.78, 5) is 25.8. The second-order valence-corrected chi connectivity index (χ2v) is 16.8. The summed E-state index contributed by atoms with van der Waals surface area (Å²) in [5.74, 6) is -0.444. The first kappa shape index (κ1) is 25.8. The van der Waals surface area contributed by atoms with Crippen LogP contribution >= 0.6 is 0 Å². The first-order chi connectivity index (χ1) is 12.4. The minimum Gasteiger partial charge on any atom is -0.460 e. The Kier molecular flexibility index (Phi) is 11.8. The van der Waals surface area contributed by atoms with E-state index in [2.05, 4.69) is 38.1 Å². The second kappa shape index (κ2) is 12.3. The average molecular weight is 419 g/mol. The van der Waals surface area contributed by atoms with Gasteiger partial charge in [-0.1, -0.05) is 6.58 Å². The van der Waals surface area contributed by atoms with Crippen molar-refractivity contribution < 1.29 is 23.2 Å². The smallest absolute Gasteiger partial charge is 0.333 e. The van der Waals surface area contributed by atoms with Crippen molar-refractivity contribution in [2.75, 3.05) is 40.5 Å². The van der Waals surface area contributed by atoms with E-state index in [1.165, 1.54) is 0 Å². The molecule has 0 fully saturated rings. The van der Waals surface area contributed by atoms with E-state index >= 15 is 0 Å². The van der Waals surface area contributed by atoms with Crippen LogP contribution in [0, 0.1) is 0 Å². The highest BCUT2D eigenvalue weighted by atomic mass is 28.4. The highest BCUT2D eigenvalue weighted by Gasteiger charge is 2.25. The van der Waals surface area contributed by atoms with E-state index in [1.54, 1.807) is 21.1 Å².